The zero-order valence-corrected chi connectivity index (χ0v) is 13.9. The second kappa shape index (κ2) is 5.68. The van der Waals surface area contributed by atoms with E-state index in [1.165, 1.54) is 26.7 Å². The van der Waals surface area contributed by atoms with E-state index in [2.05, 4.69) is 67.1 Å². The lowest BCUT2D eigenvalue weighted by Crippen LogP contribution is -2.17. The van der Waals surface area contributed by atoms with E-state index in [9.17, 15) is 0 Å². The molecule has 1 nitrogen and oxygen atoms in total. The molecule has 0 spiro atoms. The molecule has 0 saturated heterocycles. The summed E-state index contributed by atoms with van der Waals surface area (Å²) in [5.74, 6) is 0. The van der Waals surface area contributed by atoms with Gasteiger partial charge in [0.15, 0.2) is 0 Å². The topological polar surface area (TPSA) is 9.23 Å². The molecule has 1 aromatic rings. The Morgan fingerprint density at radius 2 is 1.88 bits per heavy atom. The second-order valence-electron chi connectivity index (χ2n) is 5.50. The molecule has 0 aromatic heterocycles. The van der Waals surface area contributed by atoms with Crippen molar-refractivity contribution in [3.63, 3.8) is 0 Å². The van der Waals surface area contributed by atoms with Crippen LogP contribution in [0.4, 0.5) is 0 Å². The number of aryl methyl sites for hydroxylation is 1. The van der Waals surface area contributed by atoms with Crippen LogP contribution in [0, 0.1) is 13.8 Å². The molecule has 0 N–H and O–H groups in total. The van der Waals surface area contributed by atoms with E-state index in [4.69, 9.17) is 4.43 Å². The summed E-state index contributed by atoms with van der Waals surface area (Å²) < 4.78 is 6.18. The summed E-state index contributed by atoms with van der Waals surface area (Å²) in [5.41, 5.74) is 5.71. The molecule has 0 fully saturated rings. The predicted octanol–water partition coefficient (Wildman–Crippen LogP) is 4.01. The zero-order valence-electron chi connectivity index (χ0n) is 11.3. The summed E-state index contributed by atoms with van der Waals surface area (Å²) in [6.45, 7) is 11.9. The van der Waals surface area contributed by atoms with Crippen LogP contribution in [0.1, 0.15) is 43.0 Å². The Kier molecular flexibility index (Phi) is 4.99. The first kappa shape index (κ1) is 14.9. The van der Waals surface area contributed by atoms with Crippen molar-refractivity contribution < 1.29 is 4.43 Å². The predicted molar refractivity (Wildman–Crippen MR) is 77.7 cm³/mol. The standard InChI is InChI=1S/C14H20BrOSi/c1-9-8-12(15)11(6-7-16-17)10(2)13(9)14(3,4)5/h8H,6-7H2,1-5H3. The highest BCUT2D eigenvalue weighted by Crippen LogP contribution is 2.34. The molecule has 0 atom stereocenters. The van der Waals surface area contributed by atoms with Gasteiger partial charge in [0, 0.05) is 11.1 Å². The molecule has 0 amide bonds. The monoisotopic (exact) mass is 311 g/mol. The molecule has 0 unspecified atom stereocenters. The lowest BCUT2D eigenvalue weighted by Gasteiger charge is -2.27. The van der Waals surface area contributed by atoms with E-state index < -0.39 is 0 Å². The lowest BCUT2D eigenvalue weighted by molar-refractivity contribution is 0.353. The van der Waals surface area contributed by atoms with Gasteiger partial charge in [-0.25, -0.2) is 0 Å². The first-order valence-electron chi connectivity index (χ1n) is 5.86. The van der Waals surface area contributed by atoms with Crippen LogP contribution in [0.5, 0.6) is 0 Å². The average Bonchev–Trinajstić information content (AvgIpc) is 2.14. The minimum Gasteiger partial charge on any atom is -0.418 e. The molecular formula is C14H20BrOSi. The number of halogens is 1. The molecule has 3 heteroatoms. The van der Waals surface area contributed by atoms with Crippen LogP contribution < -0.4 is 0 Å². The molecule has 0 heterocycles. The van der Waals surface area contributed by atoms with Crippen LogP contribution in [0.15, 0.2) is 10.5 Å². The minimum atomic E-state index is 0.179. The van der Waals surface area contributed by atoms with Gasteiger partial charge in [0.1, 0.15) is 0 Å². The van der Waals surface area contributed by atoms with E-state index in [1.54, 1.807) is 0 Å². The van der Waals surface area contributed by atoms with Crippen LogP contribution in [-0.2, 0) is 16.3 Å². The Labute approximate surface area is 117 Å². The third-order valence-corrected chi connectivity index (χ3v) is 3.97. The van der Waals surface area contributed by atoms with Crippen molar-refractivity contribution in [1.29, 1.82) is 0 Å². The summed E-state index contributed by atoms with van der Waals surface area (Å²) in [4.78, 5) is 0. The van der Waals surface area contributed by atoms with Gasteiger partial charge in [0.2, 0.25) is 10.5 Å². The second-order valence-corrected chi connectivity index (χ2v) is 6.65. The molecule has 0 aliphatic heterocycles. The van der Waals surface area contributed by atoms with Crippen molar-refractivity contribution in [3.05, 3.63) is 32.8 Å². The summed E-state index contributed by atoms with van der Waals surface area (Å²) in [7, 11) is 3.06. The Morgan fingerprint density at radius 3 is 2.35 bits per heavy atom. The maximum absolute atomic E-state index is 5.00. The van der Waals surface area contributed by atoms with Gasteiger partial charge in [-0.15, -0.1) is 0 Å². The van der Waals surface area contributed by atoms with Crippen molar-refractivity contribution in [2.75, 3.05) is 6.61 Å². The highest BCUT2D eigenvalue weighted by molar-refractivity contribution is 9.10. The molecule has 1 aromatic carbocycles. The van der Waals surface area contributed by atoms with Crippen LogP contribution >= 0.6 is 15.9 Å². The van der Waals surface area contributed by atoms with E-state index in [0.717, 1.165) is 6.42 Å². The highest BCUT2D eigenvalue weighted by atomic mass is 79.9. The molecule has 1 rings (SSSR count). The molecule has 0 saturated carbocycles. The summed E-state index contributed by atoms with van der Waals surface area (Å²) in [5, 5.41) is 0. The molecule has 3 radical (unpaired) electrons. The maximum Gasteiger partial charge on any atom is 0.246 e. The summed E-state index contributed by atoms with van der Waals surface area (Å²) in [6, 6.07) is 2.22. The molecule has 93 valence electrons. The van der Waals surface area contributed by atoms with Gasteiger partial charge in [-0.1, -0.05) is 36.7 Å². The van der Waals surface area contributed by atoms with Crippen LogP contribution in [0.2, 0.25) is 0 Å². The Balaban J connectivity index is 3.33. The van der Waals surface area contributed by atoms with Crippen molar-refractivity contribution >= 4 is 26.4 Å². The number of benzene rings is 1. The molecule has 0 aliphatic rings. The number of hydrogen-bond acceptors (Lipinski definition) is 1. The average molecular weight is 312 g/mol. The van der Waals surface area contributed by atoms with Crippen LogP contribution in [0.25, 0.3) is 0 Å². The van der Waals surface area contributed by atoms with Gasteiger partial charge in [-0.3, -0.25) is 0 Å². The highest BCUT2D eigenvalue weighted by Gasteiger charge is 2.21. The number of hydrogen-bond donors (Lipinski definition) is 0. The smallest absolute Gasteiger partial charge is 0.246 e. The minimum absolute atomic E-state index is 0.179. The van der Waals surface area contributed by atoms with E-state index >= 15 is 0 Å². The largest absolute Gasteiger partial charge is 0.418 e. The fourth-order valence-electron chi connectivity index (χ4n) is 2.59. The van der Waals surface area contributed by atoms with Gasteiger partial charge in [-0.05, 0) is 54.0 Å². The molecular weight excluding hydrogens is 292 g/mol. The number of rotatable bonds is 3. The lowest BCUT2D eigenvalue weighted by atomic mass is 9.79. The molecule has 17 heavy (non-hydrogen) atoms. The maximum atomic E-state index is 5.00. The van der Waals surface area contributed by atoms with Crippen molar-refractivity contribution in [2.24, 2.45) is 0 Å². The van der Waals surface area contributed by atoms with Gasteiger partial charge >= 0.3 is 0 Å². The summed E-state index contributed by atoms with van der Waals surface area (Å²) in [6.07, 6.45) is 0.916. The van der Waals surface area contributed by atoms with E-state index in [0.29, 0.717) is 6.61 Å². The normalized spacial score (nSPS) is 11.9. The van der Waals surface area contributed by atoms with Crippen molar-refractivity contribution in [3.8, 4) is 0 Å². The first-order chi connectivity index (χ1) is 7.79. The summed E-state index contributed by atoms with van der Waals surface area (Å²) >= 11 is 3.66. The van der Waals surface area contributed by atoms with Gasteiger partial charge in [-0.2, -0.15) is 0 Å². The third kappa shape index (κ3) is 3.43. The van der Waals surface area contributed by atoms with E-state index in [-0.39, 0.29) is 5.41 Å². The van der Waals surface area contributed by atoms with E-state index in [1.807, 2.05) is 0 Å². The zero-order chi connectivity index (χ0) is 13.2. The third-order valence-electron chi connectivity index (χ3n) is 3.06. The van der Waals surface area contributed by atoms with Crippen LogP contribution in [0.3, 0.4) is 0 Å². The quantitative estimate of drug-likeness (QED) is 0.766. The molecule has 0 aliphatic carbocycles. The van der Waals surface area contributed by atoms with Gasteiger partial charge in [0.05, 0.1) is 0 Å². The van der Waals surface area contributed by atoms with Gasteiger partial charge in [0.25, 0.3) is 0 Å². The fourth-order valence-corrected chi connectivity index (χ4v) is 3.53. The van der Waals surface area contributed by atoms with Crippen LogP contribution in [-0.4, -0.2) is 17.1 Å². The van der Waals surface area contributed by atoms with Crippen molar-refractivity contribution in [2.45, 2.75) is 46.5 Å². The molecule has 0 bridgehead atoms. The fraction of sp³-hybridized carbons (Fsp3) is 0.571. The van der Waals surface area contributed by atoms with Gasteiger partial charge < -0.3 is 4.43 Å². The Hall–Kier alpha value is -0.123. The Morgan fingerprint density at radius 1 is 1.29 bits per heavy atom. The van der Waals surface area contributed by atoms with Crippen molar-refractivity contribution in [1.82, 2.24) is 0 Å². The first-order valence-corrected chi connectivity index (χ1v) is 7.06. The SMILES string of the molecule is Cc1cc(Br)c(CCO[Si])c(C)c1C(C)(C)C. The Bertz CT molecular complexity index is 408.